The first-order valence-corrected chi connectivity index (χ1v) is 6.48. The number of amides is 2. The second-order valence-corrected chi connectivity index (χ2v) is 4.75. The molecule has 0 unspecified atom stereocenters. The molecule has 1 N–H and O–H groups in total. The minimum atomic E-state index is -1.05. The molecule has 0 saturated carbocycles. The van der Waals surface area contributed by atoms with E-state index in [0.29, 0.717) is 5.69 Å². The number of hydrogen-bond acceptors (Lipinski definition) is 5. The third-order valence-corrected chi connectivity index (χ3v) is 3.11. The molecule has 0 spiro atoms. The predicted octanol–water partition coefficient (Wildman–Crippen LogP) is 0.865. The van der Waals surface area contributed by atoms with E-state index < -0.39 is 18.0 Å². The lowest BCUT2D eigenvalue weighted by Gasteiger charge is -2.23. The fraction of sp³-hybridized carbons (Fsp3) is 0.357. The normalized spacial score (nSPS) is 14.0. The van der Waals surface area contributed by atoms with Crippen LogP contribution in [0.1, 0.15) is 5.56 Å². The van der Waals surface area contributed by atoms with E-state index in [1.54, 1.807) is 12.1 Å². The monoisotopic (exact) mass is 292 g/mol. The molecule has 7 heteroatoms. The maximum Gasteiger partial charge on any atom is 0.416 e. The van der Waals surface area contributed by atoms with Crippen molar-refractivity contribution in [3.63, 3.8) is 0 Å². The molecule has 0 aliphatic carbocycles. The lowest BCUT2D eigenvalue weighted by atomic mass is 10.2. The Kier molecular flexibility index (Phi) is 4.42. The molecule has 1 saturated heterocycles. The Labute approximate surface area is 121 Å². The Morgan fingerprint density at radius 2 is 1.95 bits per heavy atom. The van der Waals surface area contributed by atoms with Crippen molar-refractivity contribution < 1.29 is 24.2 Å². The highest BCUT2D eigenvalue weighted by Gasteiger charge is 2.29. The fourth-order valence-electron chi connectivity index (χ4n) is 2.03. The van der Waals surface area contributed by atoms with E-state index in [1.165, 1.54) is 4.90 Å². The van der Waals surface area contributed by atoms with E-state index >= 15 is 0 Å². The van der Waals surface area contributed by atoms with Gasteiger partial charge >= 0.3 is 12.1 Å². The first kappa shape index (κ1) is 14.8. The van der Waals surface area contributed by atoms with Crippen molar-refractivity contribution >= 4 is 23.7 Å². The van der Waals surface area contributed by atoms with Gasteiger partial charge in [0.1, 0.15) is 13.2 Å². The summed E-state index contributed by atoms with van der Waals surface area (Å²) in [5.41, 5.74) is 1.65. The van der Waals surface area contributed by atoms with Crippen molar-refractivity contribution in [2.24, 2.45) is 0 Å². The van der Waals surface area contributed by atoms with Crippen LogP contribution < -0.4 is 4.90 Å². The van der Waals surface area contributed by atoms with Gasteiger partial charge in [0.25, 0.3) is 5.91 Å². The van der Waals surface area contributed by atoms with Crippen LogP contribution in [0.15, 0.2) is 24.3 Å². The Balaban J connectivity index is 2.12. The summed E-state index contributed by atoms with van der Waals surface area (Å²) in [4.78, 5) is 36.8. The van der Waals surface area contributed by atoms with E-state index in [0.717, 1.165) is 10.5 Å². The van der Waals surface area contributed by atoms with Crippen molar-refractivity contribution in [2.45, 2.75) is 6.92 Å². The van der Waals surface area contributed by atoms with Crippen molar-refractivity contribution in [1.29, 1.82) is 0 Å². The van der Waals surface area contributed by atoms with Crippen LogP contribution in [0.2, 0.25) is 0 Å². The van der Waals surface area contributed by atoms with Crippen molar-refractivity contribution in [1.82, 2.24) is 4.90 Å². The van der Waals surface area contributed by atoms with Gasteiger partial charge in [-0.3, -0.25) is 9.59 Å². The van der Waals surface area contributed by atoms with E-state index in [2.05, 4.69) is 0 Å². The molecule has 2 amide bonds. The predicted molar refractivity (Wildman–Crippen MR) is 74.1 cm³/mol. The summed E-state index contributed by atoms with van der Waals surface area (Å²) in [5.74, 6) is -1.52. The zero-order chi connectivity index (χ0) is 15.4. The third kappa shape index (κ3) is 3.71. The standard InChI is InChI=1S/C14H16N2O5/c1-10-2-4-11(5-3-10)15(9-13(18)19)8-12(17)16-6-7-21-14(16)20/h2-5H,6-9H2,1H3,(H,18,19). The molecule has 1 aliphatic rings. The molecule has 0 aromatic heterocycles. The van der Waals surface area contributed by atoms with Gasteiger partial charge in [-0.1, -0.05) is 17.7 Å². The Morgan fingerprint density at radius 1 is 1.29 bits per heavy atom. The molecule has 112 valence electrons. The van der Waals surface area contributed by atoms with Gasteiger partial charge in [0.05, 0.1) is 13.1 Å². The average molecular weight is 292 g/mol. The number of anilines is 1. The van der Waals surface area contributed by atoms with Crippen LogP contribution >= 0.6 is 0 Å². The number of aliphatic carboxylic acids is 1. The number of carbonyl (C=O) groups excluding carboxylic acids is 2. The molecule has 7 nitrogen and oxygen atoms in total. The number of ether oxygens (including phenoxy) is 1. The summed E-state index contributed by atoms with van der Waals surface area (Å²) in [7, 11) is 0. The highest BCUT2D eigenvalue weighted by molar-refractivity contribution is 5.95. The summed E-state index contributed by atoms with van der Waals surface area (Å²) in [6.07, 6.45) is -0.681. The Morgan fingerprint density at radius 3 is 2.48 bits per heavy atom. The first-order chi connectivity index (χ1) is 9.97. The zero-order valence-corrected chi connectivity index (χ0v) is 11.6. The number of imide groups is 1. The molecule has 0 bridgehead atoms. The van der Waals surface area contributed by atoms with E-state index in [4.69, 9.17) is 9.84 Å². The van der Waals surface area contributed by atoms with Gasteiger partial charge in [-0.05, 0) is 19.1 Å². The summed E-state index contributed by atoms with van der Waals surface area (Å²) in [6, 6.07) is 7.15. The van der Waals surface area contributed by atoms with Crippen molar-refractivity contribution in [3.05, 3.63) is 29.8 Å². The highest BCUT2D eigenvalue weighted by Crippen LogP contribution is 2.16. The lowest BCUT2D eigenvalue weighted by molar-refractivity contribution is -0.135. The average Bonchev–Trinajstić information content (AvgIpc) is 2.84. The quantitative estimate of drug-likeness (QED) is 0.866. The van der Waals surface area contributed by atoms with E-state index in [-0.39, 0.29) is 26.2 Å². The van der Waals surface area contributed by atoms with Gasteiger partial charge in [-0.25, -0.2) is 9.69 Å². The van der Waals surface area contributed by atoms with Gasteiger partial charge in [0, 0.05) is 5.69 Å². The summed E-state index contributed by atoms with van der Waals surface area (Å²) in [6.45, 7) is 1.78. The van der Waals surface area contributed by atoms with Crippen molar-refractivity contribution in [2.75, 3.05) is 31.1 Å². The number of hydrogen-bond donors (Lipinski definition) is 1. The number of carbonyl (C=O) groups is 3. The SMILES string of the molecule is Cc1ccc(N(CC(=O)O)CC(=O)N2CCOC2=O)cc1. The molecule has 2 rings (SSSR count). The third-order valence-electron chi connectivity index (χ3n) is 3.11. The van der Waals surface area contributed by atoms with Crippen LogP contribution in [-0.2, 0) is 14.3 Å². The smallest absolute Gasteiger partial charge is 0.416 e. The largest absolute Gasteiger partial charge is 0.480 e. The topological polar surface area (TPSA) is 87.2 Å². The second-order valence-electron chi connectivity index (χ2n) is 4.75. The number of carboxylic acids is 1. The Hall–Kier alpha value is -2.57. The van der Waals surface area contributed by atoms with Gasteiger partial charge in [-0.15, -0.1) is 0 Å². The van der Waals surface area contributed by atoms with Crippen molar-refractivity contribution in [3.8, 4) is 0 Å². The minimum absolute atomic E-state index is 0.175. The number of carboxylic acid groups (broad SMARTS) is 1. The molecule has 1 aliphatic heterocycles. The number of rotatable bonds is 5. The maximum absolute atomic E-state index is 12.1. The second kappa shape index (κ2) is 6.25. The number of cyclic esters (lactones) is 1. The summed E-state index contributed by atoms with van der Waals surface area (Å²) < 4.78 is 4.70. The molecule has 1 aromatic rings. The van der Waals surface area contributed by atoms with Crippen LogP contribution in [0.3, 0.4) is 0 Å². The van der Waals surface area contributed by atoms with E-state index in [1.807, 2.05) is 19.1 Å². The Bertz CT molecular complexity index is 555. The summed E-state index contributed by atoms with van der Waals surface area (Å²) >= 11 is 0. The van der Waals surface area contributed by atoms with Crippen LogP contribution in [0, 0.1) is 6.92 Å². The number of nitrogens with zero attached hydrogens (tertiary/aromatic N) is 2. The van der Waals surface area contributed by atoms with Crippen LogP contribution in [0.25, 0.3) is 0 Å². The molecule has 1 aromatic carbocycles. The fourth-order valence-corrected chi connectivity index (χ4v) is 2.03. The number of benzene rings is 1. The zero-order valence-electron chi connectivity index (χ0n) is 11.6. The van der Waals surface area contributed by atoms with Gasteiger partial charge < -0.3 is 14.7 Å². The van der Waals surface area contributed by atoms with Crippen LogP contribution in [0.4, 0.5) is 10.5 Å². The van der Waals surface area contributed by atoms with E-state index in [9.17, 15) is 14.4 Å². The molecule has 1 heterocycles. The molecular formula is C14H16N2O5. The first-order valence-electron chi connectivity index (χ1n) is 6.48. The minimum Gasteiger partial charge on any atom is -0.480 e. The molecule has 1 fully saturated rings. The van der Waals surface area contributed by atoms with Gasteiger partial charge in [-0.2, -0.15) is 0 Å². The maximum atomic E-state index is 12.1. The lowest BCUT2D eigenvalue weighted by Crippen LogP contribution is -2.42. The molecule has 0 radical (unpaired) electrons. The van der Waals surface area contributed by atoms with Crippen LogP contribution in [-0.4, -0.2) is 54.2 Å². The molecular weight excluding hydrogens is 276 g/mol. The molecule has 0 atom stereocenters. The van der Waals surface area contributed by atoms with Crippen LogP contribution in [0.5, 0.6) is 0 Å². The van der Waals surface area contributed by atoms with Gasteiger partial charge in [0.2, 0.25) is 0 Å². The molecule has 21 heavy (non-hydrogen) atoms. The number of aryl methyl sites for hydroxylation is 1. The highest BCUT2D eigenvalue weighted by atomic mass is 16.6. The summed E-state index contributed by atoms with van der Waals surface area (Å²) in [5, 5.41) is 8.97. The van der Waals surface area contributed by atoms with Gasteiger partial charge in [0.15, 0.2) is 0 Å².